The minimum Gasteiger partial charge on any atom is -0.497 e. The number of methoxy groups -OCH3 is 1. The lowest BCUT2D eigenvalue weighted by Crippen LogP contribution is -2.26. The van der Waals surface area contributed by atoms with Crippen LogP contribution in [0, 0.1) is 0 Å². The summed E-state index contributed by atoms with van der Waals surface area (Å²) in [5.41, 5.74) is 5.83. The van der Waals surface area contributed by atoms with Crippen molar-refractivity contribution in [3.05, 3.63) is 53.3 Å². The van der Waals surface area contributed by atoms with Gasteiger partial charge in [0.25, 0.3) is 0 Å². The van der Waals surface area contributed by atoms with E-state index >= 15 is 0 Å². The molecule has 4 nitrogen and oxygen atoms in total. The number of ether oxygens (including phenoxy) is 1. The van der Waals surface area contributed by atoms with E-state index in [9.17, 15) is 0 Å². The first-order chi connectivity index (χ1) is 11.7. The van der Waals surface area contributed by atoms with E-state index < -0.39 is 0 Å². The molecule has 0 saturated heterocycles. The number of nitrogens with one attached hydrogen (secondary N) is 1. The van der Waals surface area contributed by atoms with Gasteiger partial charge in [-0.1, -0.05) is 18.2 Å². The number of rotatable bonds is 3. The Balaban J connectivity index is 1.78. The number of aryl methyl sites for hydroxylation is 1. The van der Waals surface area contributed by atoms with Crippen molar-refractivity contribution in [2.75, 3.05) is 25.6 Å². The first-order valence-electron chi connectivity index (χ1n) is 8.22. The second kappa shape index (κ2) is 6.06. The zero-order valence-electron chi connectivity index (χ0n) is 13.9. The first kappa shape index (κ1) is 15.4. The zero-order valence-corrected chi connectivity index (χ0v) is 14.8. The van der Waals surface area contributed by atoms with Crippen LogP contribution in [0.5, 0.6) is 5.75 Å². The molecule has 1 N–H and O–H groups in total. The van der Waals surface area contributed by atoms with Crippen LogP contribution in [0.1, 0.15) is 28.6 Å². The Kier molecular flexibility index (Phi) is 3.88. The summed E-state index contributed by atoms with van der Waals surface area (Å²) < 4.78 is 5.29. The molecule has 0 saturated carbocycles. The molecule has 0 bridgehead atoms. The summed E-state index contributed by atoms with van der Waals surface area (Å²) in [5, 5.41) is -0.0844. The summed E-state index contributed by atoms with van der Waals surface area (Å²) >= 11 is 4.89. The largest absolute Gasteiger partial charge is 0.497 e. The number of thiol groups is 1. The first-order valence-corrected chi connectivity index (χ1v) is 8.73. The fraction of sp³-hybridized carbons (Fsp3) is 0.316. The van der Waals surface area contributed by atoms with Crippen LogP contribution in [0.25, 0.3) is 11.0 Å². The second-order valence-corrected chi connectivity index (χ2v) is 6.80. The molecule has 124 valence electrons. The zero-order chi connectivity index (χ0) is 16.7. The second-order valence-electron chi connectivity index (χ2n) is 6.29. The van der Waals surface area contributed by atoms with Gasteiger partial charge in [0.15, 0.2) is 0 Å². The highest BCUT2D eigenvalue weighted by Crippen LogP contribution is 2.38. The van der Waals surface area contributed by atoms with Gasteiger partial charge in [-0.05, 0) is 36.1 Å². The smallest absolute Gasteiger partial charge is 0.124 e. The summed E-state index contributed by atoms with van der Waals surface area (Å²) in [7, 11) is 3.83. The van der Waals surface area contributed by atoms with Gasteiger partial charge in [-0.3, -0.25) is 0 Å². The third kappa shape index (κ3) is 2.53. The number of H-pyrrole nitrogens is 1. The normalized spacial score (nSPS) is 15.4. The number of anilines is 1. The fourth-order valence-electron chi connectivity index (χ4n) is 3.53. The van der Waals surface area contributed by atoms with Gasteiger partial charge in [-0.25, -0.2) is 4.98 Å². The van der Waals surface area contributed by atoms with Crippen LogP contribution in [0.3, 0.4) is 0 Å². The molecular weight excluding hydrogens is 318 g/mol. The molecular formula is C19H21N3OS. The van der Waals surface area contributed by atoms with E-state index in [1.165, 1.54) is 23.2 Å². The molecule has 1 aliphatic heterocycles. The summed E-state index contributed by atoms with van der Waals surface area (Å²) in [6.45, 7) is 1.09. The Bertz CT molecular complexity index is 889. The summed E-state index contributed by atoms with van der Waals surface area (Å²) in [5.74, 6) is 1.68. The number of hydrogen-bond donors (Lipinski definition) is 2. The van der Waals surface area contributed by atoms with Crippen molar-refractivity contribution in [2.45, 2.75) is 18.1 Å². The lowest BCUT2D eigenvalue weighted by Gasteiger charge is -2.31. The average molecular weight is 339 g/mol. The molecule has 1 aromatic heterocycles. The molecule has 5 heteroatoms. The van der Waals surface area contributed by atoms with Crippen LogP contribution >= 0.6 is 12.6 Å². The highest BCUT2D eigenvalue weighted by Gasteiger charge is 2.23. The Morgan fingerprint density at radius 3 is 3.00 bits per heavy atom. The molecule has 1 atom stereocenters. The van der Waals surface area contributed by atoms with Gasteiger partial charge in [0.1, 0.15) is 11.6 Å². The molecule has 1 unspecified atom stereocenters. The molecule has 3 aromatic rings. The van der Waals surface area contributed by atoms with E-state index in [0.717, 1.165) is 35.6 Å². The summed E-state index contributed by atoms with van der Waals surface area (Å²) in [4.78, 5) is 10.5. The number of para-hydroxylation sites is 1. The van der Waals surface area contributed by atoms with E-state index in [1.807, 2.05) is 18.2 Å². The van der Waals surface area contributed by atoms with Gasteiger partial charge in [0.05, 0.1) is 23.4 Å². The molecule has 0 aliphatic carbocycles. The highest BCUT2D eigenvalue weighted by molar-refractivity contribution is 7.80. The van der Waals surface area contributed by atoms with Crippen molar-refractivity contribution < 1.29 is 4.74 Å². The van der Waals surface area contributed by atoms with Gasteiger partial charge in [0, 0.05) is 25.3 Å². The fourth-order valence-corrected chi connectivity index (χ4v) is 3.86. The molecule has 2 aromatic carbocycles. The SMILES string of the molecule is COc1ccc2[nH]c(C(S)c3cccc4c3N(C)CCC4)nc2c1. The van der Waals surface area contributed by atoms with E-state index in [-0.39, 0.29) is 5.25 Å². The number of hydrogen-bond acceptors (Lipinski definition) is 4. The molecule has 24 heavy (non-hydrogen) atoms. The van der Waals surface area contributed by atoms with Crippen LogP contribution in [-0.4, -0.2) is 30.7 Å². The Hall–Kier alpha value is -2.14. The topological polar surface area (TPSA) is 41.1 Å². The minimum atomic E-state index is -0.0844. The third-order valence-corrected chi connectivity index (χ3v) is 5.26. The van der Waals surface area contributed by atoms with Gasteiger partial charge in [-0.15, -0.1) is 0 Å². The average Bonchev–Trinajstić information content (AvgIpc) is 3.04. The van der Waals surface area contributed by atoms with Crippen LogP contribution in [0.15, 0.2) is 36.4 Å². The molecule has 4 rings (SSSR count). The third-order valence-electron chi connectivity index (χ3n) is 4.73. The standard InChI is InChI=1S/C19H21N3OS/c1-22-10-4-6-12-5-3-7-14(17(12)22)18(24)19-20-15-9-8-13(23-2)11-16(15)21-19/h3,5,7-9,11,18,24H,4,6,10H2,1-2H3,(H,20,21). The van der Waals surface area contributed by atoms with Crippen molar-refractivity contribution in [1.29, 1.82) is 0 Å². The molecule has 0 amide bonds. The maximum atomic E-state index is 5.29. The quantitative estimate of drug-likeness (QED) is 0.709. The number of benzene rings is 2. The van der Waals surface area contributed by atoms with Crippen LogP contribution < -0.4 is 9.64 Å². The van der Waals surface area contributed by atoms with Crippen LogP contribution in [0.2, 0.25) is 0 Å². The predicted octanol–water partition coefficient (Wildman–Crippen LogP) is 3.97. The number of aromatic nitrogens is 2. The maximum absolute atomic E-state index is 5.29. The molecule has 0 spiro atoms. The molecule has 0 radical (unpaired) electrons. The van der Waals surface area contributed by atoms with Crippen molar-refractivity contribution in [3.8, 4) is 5.75 Å². The highest BCUT2D eigenvalue weighted by atomic mass is 32.1. The Morgan fingerprint density at radius 1 is 1.29 bits per heavy atom. The van der Waals surface area contributed by atoms with Crippen molar-refractivity contribution in [3.63, 3.8) is 0 Å². The van der Waals surface area contributed by atoms with E-state index in [0.29, 0.717) is 0 Å². The van der Waals surface area contributed by atoms with Crippen molar-refractivity contribution >= 4 is 29.3 Å². The Labute approximate surface area is 147 Å². The Morgan fingerprint density at radius 2 is 2.17 bits per heavy atom. The van der Waals surface area contributed by atoms with Gasteiger partial charge in [0.2, 0.25) is 0 Å². The molecule has 1 aliphatic rings. The van der Waals surface area contributed by atoms with E-state index in [4.69, 9.17) is 22.3 Å². The minimum absolute atomic E-state index is 0.0844. The lowest BCUT2D eigenvalue weighted by molar-refractivity contribution is 0.415. The number of imidazole rings is 1. The maximum Gasteiger partial charge on any atom is 0.124 e. The van der Waals surface area contributed by atoms with Gasteiger partial charge in [-0.2, -0.15) is 12.6 Å². The summed E-state index contributed by atoms with van der Waals surface area (Å²) in [6, 6.07) is 12.4. The van der Waals surface area contributed by atoms with Crippen molar-refractivity contribution in [1.82, 2.24) is 9.97 Å². The number of nitrogens with zero attached hydrogens (tertiary/aromatic N) is 2. The predicted molar refractivity (Wildman–Crippen MR) is 102 cm³/mol. The number of fused-ring (bicyclic) bond motifs is 2. The monoisotopic (exact) mass is 339 g/mol. The number of aromatic amines is 1. The van der Waals surface area contributed by atoms with Gasteiger partial charge < -0.3 is 14.6 Å². The lowest BCUT2D eigenvalue weighted by atomic mass is 9.96. The van der Waals surface area contributed by atoms with Crippen molar-refractivity contribution in [2.24, 2.45) is 0 Å². The molecule has 0 fully saturated rings. The van der Waals surface area contributed by atoms with Crippen LogP contribution in [-0.2, 0) is 6.42 Å². The van der Waals surface area contributed by atoms with E-state index in [2.05, 4.69) is 35.1 Å². The van der Waals surface area contributed by atoms with E-state index in [1.54, 1.807) is 7.11 Å². The summed E-state index contributed by atoms with van der Waals surface area (Å²) in [6.07, 6.45) is 2.33. The van der Waals surface area contributed by atoms with Crippen LogP contribution in [0.4, 0.5) is 5.69 Å². The molecule has 2 heterocycles. The van der Waals surface area contributed by atoms with Gasteiger partial charge >= 0.3 is 0 Å².